The normalized spacial score (nSPS) is 10.6. The van der Waals surface area contributed by atoms with E-state index in [1.165, 1.54) is 0 Å². The lowest BCUT2D eigenvalue weighted by atomic mass is 10.2. The molecule has 1 aromatic heterocycles. The molecule has 0 fully saturated rings. The highest BCUT2D eigenvalue weighted by Gasteiger charge is 2.13. The van der Waals surface area contributed by atoms with Gasteiger partial charge >= 0.3 is 0 Å². The molecule has 0 atom stereocenters. The molecule has 0 aliphatic rings. The van der Waals surface area contributed by atoms with E-state index < -0.39 is 0 Å². The molecule has 2 N–H and O–H groups in total. The number of halogens is 1. The Labute approximate surface area is 109 Å². The number of aryl methyl sites for hydroxylation is 1. The molecule has 0 aliphatic heterocycles. The van der Waals surface area contributed by atoms with Crippen LogP contribution in [0.1, 0.15) is 10.6 Å². The highest BCUT2D eigenvalue weighted by Crippen LogP contribution is 2.35. The van der Waals surface area contributed by atoms with Gasteiger partial charge in [-0.3, -0.25) is 0 Å². The maximum absolute atomic E-state index is 6.00. The summed E-state index contributed by atoms with van der Waals surface area (Å²) in [5, 5.41) is 1.56. The van der Waals surface area contributed by atoms with Crippen molar-refractivity contribution < 1.29 is 4.74 Å². The Balaban J connectivity index is 2.54. The van der Waals surface area contributed by atoms with Gasteiger partial charge in [0.1, 0.15) is 10.8 Å². The Morgan fingerprint density at radius 2 is 2.24 bits per heavy atom. The lowest BCUT2D eigenvalue weighted by Gasteiger charge is -2.05. The first-order valence-electron chi connectivity index (χ1n) is 5.16. The zero-order valence-electron chi connectivity index (χ0n) is 9.66. The fourth-order valence-electron chi connectivity index (χ4n) is 1.58. The van der Waals surface area contributed by atoms with E-state index >= 15 is 0 Å². The van der Waals surface area contributed by atoms with Crippen LogP contribution in [-0.2, 0) is 6.54 Å². The Kier molecular flexibility index (Phi) is 3.66. The van der Waals surface area contributed by atoms with Crippen molar-refractivity contribution in [3.05, 3.63) is 33.8 Å². The van der Waals surface area contributed by atoms with Crippen molar-refractivity contribution >= 4 is 22.9 Å². The summed E-state index contributed by atoms with van der Waals surface area (Å²) in [6.45, 7) is 2.46. The molecule has 0 aliphatic carbocycles. The molecule has 0 saturated carbocycles. The van der Waals surface area contributed by atoms with Crippen molar-refractivity contribution in [2.75, 3.05) is 7.11 Å². The van der Waals surface area contributed by atoms with E-state index in [0.29, 0.717) is 11.6 Å². The number of benzene rings is 1. The maximum atomic E-state index is 6.00. The summed E-state index contributed by atoms with van der Waals surface area (Å²) >= 11 is 7.58. The molecule has 17 heavy (non-hydrogen) atoms. The summed E-state index contributed by atoms with van der Waals surface area (Å²) in [6, 6.07) is 5.50. The second-order valence-electron chi connectivity index (χ2n) is 3.58. The lowest BCUT2D eigenvalue weighted by Crippen LogP contribution is -1.94. The number of aromatic nitrogens is 1. The number of thiazole rings is 1. The highest BCUT2D eigenvalue weighted by molar-refractivity contribution is 7.15. The predicted molar refractivity (Wildman–Crippen MR) is 71.7 cm³/mol. The summed E-state index contributed by atoms with van der Waals surface area (Å²) < 4.78 is 5.31. The number of ether oxygens (including phenoxy) is 1. The van der Waals surface area contributed by atoms with Crippen molar-refractivity contribution in [3.63, 3.8) is 0 Å². The molecule has 1 aromatic carbocycles. The number of methoxy groups -OCH3 is 1. The van der Waals surface area contributed by atoms with Crippen molar-refractivity contribution in [2.24, 2.45) is 5.73 Å². The second kappa shape index (κ2) is 5.04. The number of nitrogens with zero attached hydrogens (tertiary/aromatic N) is 1. The smallest absolute Gasteiger partial charge is 0.129 e. The quantitative estimate of drug-likeness (QED) is 0.930. The van der Waals surface area contributed by atoms with E-state index in [-0.39, 0.29) is 0 Å². The topological polar surface area (TPSA) is 48.1 Å². The van der Waals surface area contributed by atoms with Gasteiger partial charge in [0.05, 0.1) is 18.4 Å². The minimum atomic E-state index is 0.506. The SMILES string of the molecule is COc1ccc(Cl)cc1-c1nc(C)c(CN)s1. The van der Waals surface area contributed by atoms with Gasteiger partial charge in [0.15, 0.2) is 0 Å². The minimum absolute atomic E-state index is 0.506. The fraction of sp³-hybridized carbons (Fsp3) is 0.250. The van der Waals surface area contributed by atoms with E-state index in [1.807, 2.05) is 19.1 Å². The van der Waals surface area contributed by atoms with Crippen molar-refractivity contribution in [3.8, 4) is 16.3 Å². The molecule has 0 saturated heterocycles. The summed E-state index contributed by atoms with van der Waals surface area (Å²) in [7, 11) is 1.64. The zero-order valence-corrected chi connectivity index (χ0v) is 11.2. The molecule has 0 amide bonds. The number of rotatable bonds is 3. The van der Waals surface area contributed by atoms with Crippen LogP contribution in [0.25, 0.3) is 10.6 Å². The monoisotopic (exact) mass is 268 g/mol. The molecule has 2 rings (SSSR count). The third-order valence-corrected chi connectivity index (χ3v) is 3.92. The van der Waals surface area contributed by atoms with E-state index in [0.717, 1.165) is 26.9 Å². The van der Waals surface area contributed by atoms with Crippen LogP contribution in [0.3, 0.4) is 0 Å². The van der Waals surface area contributed by atoms with Gasteiger partial charge in [0.25, 0.3) is 0 Å². The van der Waals surface area contributed by atoms with Gasteiger partial charge in [-0.05, 0) is 25.1 Å². The zero-order chi connectivity index (χ0) is 12.4. The molecule has 90 valence electrons. The molecule has 2 aromatic rings. The summed E-state index contributed by atoms with van der Waals surface area (Å²) in [4.78, 5) is 5.59. The number of nitrogens with two attached hydrogens (primary N) is 1. The maximum Gasteiger partial charge on any atom is 0.129 e. The van der Waals surface area contributed by atoms with Gasteiger partial charge in [-0.15, -0.1) is 11.3 Å². The first-order chi connectivity index (χ1) is 8.15. The largest absolute Gasteiger partial charge is 0.496 e. The van der Waals surface area contributed by atoms with Crippen LogP contribution in [0.5, 0.6) is 5.75 Å². The second-order valence-corrected chi connectivity index (χ2v) is 5.10. The molecule has 0 spiro atoms. The molecular weight excluding hydrogens is 256 g/mol. The van der Waals surface area contributed by atoms with Crippen molar-refractivity contribution in [1.29, 1.82) is 0 Å². The third kappa shape index (κ3) is 2.44. The van der Waals surface area contributed by atoms with Crippen LogP contribution in [0.4, 0.5) is 0 Å². The van der Waals surface area contributed by atoms with Crippen LogP contribution in [-0.4, -0.2) is 12.1 Å². The number of hydrogen-bond acceptors (Lipinski definition) is 4. The first-order valence-corrected chi connectivity index (χ1v) is 6.35. The Bertz CT molecular complexity index is 539. The molecule has 0 radical (unpaired) electrons. The van der Waals surface area contributed by atoms with Crippen LogP contribution in [0.2, 0.25) is 5.02 Å². The predicted octanol–water partition coefficient (Wildman–Crippen LogP) is 3.24. The fourth-order valence-corrected chi connectivity index (χ4v) is 2.71. The molecule has 0 bridgehead atoms. The standard InChI is InChI=1S/C12H13ClN2OS/c1-7-11(6-14)17-12(15-7)9-5-8(13)3-4-10(9)16-2/h3-5H,6,14H2,1-2H3. The van der Waals surface area contributed by atoms with Crippen molar-refractivity contribution in [1.82, 2.24) is 4.98 Å². The van der Waals surface area contributed by atoms with Crippen LogP contribution >= 0.6 is 22.9 Å². The van der Waals surface area contributed by atoms with Gasteiger partial charge in [-0.2, -0.15) is 0 Å². The van der Waals surface area contributed by atoms with E-state index in [2.05, 4.69) is 4.98 Å². The third-order valence-electron chi connectivity index (χ3n) is 2.47. The van der Waals surface area contributed by atoms with E-state index in [9.17, 15) is 0 Å². The van der Waals surface area contributed by atoms with E-state index in [4.69, 9.17) is 22.1 Å². The Hall–Kier alpha value is -1.10. The van der Waals surface area contributed by atoms with Crippen LogP contribution in [0.15, 0.2) is 18.2 Å². The van der Waals surface area contributed by atoms with Gasteiger partial charge in [0, 0.05) is 16.4 Å². The molecule has 0 unspecified atom stereocenters. The van der Waals surface area contributed by atoms with Crippen LogP contribution in [0, 0.1) is 6.92 Å². The minimum Gasteiger partial charge on any atom is -0.496 e. The van der Waals surface area contributed by atoms with Crippen LogP contribution < -0.4 is 10.5 Å². The first kappa shape index (κ1) is 12.4. The molecule has 3 nitrogen and oxygen atoms in total. The molecular formula is C12H13ClN2OS. The molecule has 5 heteroatoms. The Morgan fingerprint density at radius 3 is 2.82 bits per heavy atom. The number of hydrogen-bond donors (Lipinski definition) is 1. The van der Waals surface area contributed by atoms with Gasteiger partial charge in [-0.1, -0.05) is 11.6 Å². The van der Waals surface area contributed by atoms with Gasteiger partial charge in [0.2, 0.25) is 0 Å². The van der Waals surface area contributed by atoms with Gasteiger partial charge in [-0.25, -0.2) is 4.98 Å². The van der Waals surface area contributed by atoms with Crippen molar-refractivity contribution in [2.45, 2.75) is 13.5 Å². The summed E-state index contributed by atoms with van der Waals surface area (Å²) in [5.74, 6) is 0.770. The van der Waals surface area contributed by atoms with E-state index in [1.54, 1.807) is 24.5 Å². The lowest BCUT2D eigenvalue weighted by molar-refractivity contribution is 0.416. The highest BCUT2D eigenvalue weighted by atomic mass is 35.5. The van der Waals surface area contributed by atoms with Gasteiger partial charge < -0.3 is 10.5 Å². The average molecular weight is 269 g/mol. The summed E-state index contributed by atoms with van der Waals surface area (Å²) in [5.41, 5.74) is 7.53. The summed E-state index contributed by atoms with van der Waals surface area (Å²) in [6.07, 6.45) is 0. The molecule has 1 heterocycles. The Morgan fingerprint density at radius 1 is 1.47 bits per heavy atom. The average Bonchev–Trinajstić information content (AvgIpc) is 2.70.